The first-order valence-electron chi connectivity index (χ1n) is 7.45. The first-order valence-corrected chi connectivity index (χ1v) is 8.33. The largest absolute Gasteiger partial charge is 0.396 e. The number of fused-ring (bicyclic) bond motifs is 1. The van der Waals surface area contributed by atoms with Crippen LogP contribution in [0.2, 0.25) is 0 Å². The standard InChI is InChI=1S/C17H17N3OS/c21-10-13-8-16(13)20-17-19-9-14(22-17)7-11-3-4-15-12(6-11)2-1-5-18-15/h1-7,9,13,16-17,20-21H,8,10H2/b14-7-/t13-,16-,17?/m1/s1. The molecule has 0 radical (unpaired) electrons. The van der Waals surface area contributed by atoms with Crippen LogP contribution in [0.15, 0.2) is 46.4 Å². The fraction of sp³-hybridized carbons (Fsp3) is 0.294. The minimum absolute atomic E-state index is 0.0786. The summed E-state index contributed by atoms with van der Waals surface area (Å²) in [6.45, 7) is 0.270. The molecular formula is C17H17N3OS. The van der Waals surface area contributed by atoms with Gasteiger partial charge in [0.25, 0.3) is 0 Å². The molecule has 1 aromatic heterocycles. The third-order valence-corrected chi connectivity index (χ3v) is 5.01. The van der Waals surface area contributed by atoms with Crippen molar-refractivity contribution in [1.29, 1.82) is 0 Å². The molecule has 4 nitrogen and oxygen atoms in total. The lowest BCUT2D eigenvalue weighted by molar-refractivity contribution is 0.270. The van der Waals surface area contributed by atoms with Crippen LogP contribution in [-0.2, 0) is 0 Å². The highest BCUT2D eigenvalue weighted by molar-refractivity contribution is 8.04. The van der Waals surface area contributed by atoms with Crippen molar-refractivity contribution in [2.45, 2.75) is 18.0 Å². The Labute approximate surface area is 133 Å². The van der Waals surface area contributed by atoms with Crippen LogP contribution in [0.5, 0.6) is 0 Å². The van der Waals surface area contributed by atoms with Crippen molar-refractivity contribution in [2.75, 3.05) is 6.61 Å². The van der Waals surface area contributed by atoms with E-state index in [-0.39, 0.29) is 12.1 Å². The summed E-state index contributed by atoms with van der Waals surface area (Å²) < 4.78 is 0. The fourth-order valence-electron chi connectivity index (χ4n) is 2.66. The Morgan fingerprint density at radius 2 is 2.32 bits per heavy atom. The van der Waals surface area contributed by atoms with Gasteiger partial charge in [0.1, 0.15) is 0 Å². The first kappa shape index (κ1) is 13.9. The summed E-state index contributed by atoms with van der Waals surface area (Å²) in [5.41, 5.74) is 2.25. The fourth-order valence-corrected chi connectivity index (χ4v) is 3.61. The second-order valence-electron chi connectivity index (χ2n) is 5.70. The van der Waals surface area contributed by atoms with Crippen LogP contribution in [-0.4, -0.2) is 34.5 Å². The van der Waals surface area contributed by atoms with Gasteiger partial charge in [-0.05, 0) is 42.2 Å². The molecule has 2 aromatic rings. The Kier molecular flexibility index (Phi) is 3.70. The monoisotopic (exact) mass is 311 g/mol. The van der Waals surface area contributed by atoms with Crippen molar-refractivity contribution in [3.05, 3.63) is 47.0 Å². The normalized spacial score (nSPS) is 28.6. The Balaban J connectivity index is 1.45. The number of nitrogens with one attached hydrogen (secondary N) is 1. The SMILES string of the molecule is OC[C@H]1C[C@H]1NC1N=C/C(=C/c2ccc3ncccc3c2)S1. The van der Waals surface area contributed by atoms with Gasteiger partial charge in [-0.2, -0.15) is 0 Å². The number of rotatable bonds is 4. The van der Waals surface area contributed by atoms with E-state index in [1.165, 1.54) is 0 Å². The Bertz CT molecular complexity index is 758. The summed E-state index contributed by atoms with van der Waals surface area (Å²) in [6, 6.07) is 10.7. The molecule has 0 bridgehead atoms. The average Bonchev–Trinajstić information content (AvgIpc) is 3.16. The Morgan fingerprint density at radius 1 is 1.36 bits per heavy atom. The number of aliphatic hydroxyl groups excluding tert-OH is 1. The molecule has 1 unspecified atom stereocenters. The van der Waals surface area contributed by atoms with Gasteiger partial charge in [0.2, 0.25) is 0 Å². The van der Waals surface area contributed by atoms with Gasteiger partial charge in [0, 0.05) is 35.4 Å². The van der Waals surface area contributed by atoms with E-state index in [2.05, 4.69) is 39.6 Å². The summed E-state index contributed by atoms with van der Waals surface area (Å²) in [5, 5.41) is 13.7. The molecule has 0 saturated heterocycles. The summed E-state index contributed by atoms with van der Waals surface area (Å²) in [6.07, 6.45) is 6.94. The van der Waals surface area contributed by atoms with Gasteiger partial charge in [-0.1, -0.05) is 23.9 Å². The highest BCUT2D eigenvalue weighted by Gasteiger charge is 2.38. The molecule has 22 heavy (non-hydrogen) atoms. The summed E-state index contributed by atoms with van der Waals surface area (Å²) in [5.74, 6) is 0.414. The van der Waals surface area contributed by atoms with Crippen molar-refractivity contribution in [2.24, 2.45) is 10.9 Å². The maximum absolute atomic E-state index is 9.08. The molecule has 112 valence electrons. The van der Waals surface area contributed by atoms with E-state index >= 15 is 0 Å². The predicted molar refractivity (Wildman–Crippen MR) is 91.7 cm³/mol. The van der Waals surface area contributed by atoms with Gasteiger partial charge < -0.3 is 5.11 Å². The number of allylic oxidation sites excluding steroid dienone is 1. The van der Waals surface area contributed by atoms with Crippen LogP contribution in [0.25, 0.3) is 17.0 Å². The number of hydrogen-bond acceptors (Lipinski definition) is 5. The second kappa shape index (κ2) is 5.83. The van der Waals surface area contributed by atoms with Gasteiger partial charge in [0.15, 0.2) is 5.50 Å². The van der Waals surface area contributed by atoms with E-state index in [9.17, 15) is 0 Å². The maximum atomic E-state index is 9.08. The van der Waals surface area contributed by atoms with E-state index in [1.54, 1.807) is 11.8 Å². The number of aliphatic hydroxyl groups is 1. The minimum Gasteiger partial charge on any atom is -0.396 e. The van der Waals surface area contributed by atoms with Gasteiger partial charge in [-0.25, -0.2) is 0 Å². The van der Waals surface area contributed by atoms with E-state index < -0.39 is 0 Å². The molecule has 5 heteroatoms. The van der Waals surface area contributed by atoms with Gasteiger partial charge in [-0.15, -0.1) is 0 Å². The molecular weight excluding hydrogens is 294 g/mol. The van der Waals surface area contributed by atoms with Gasteiger partial charge in [-0.3, -0.25) is 15.3 Å². The van der Waals surface area contributed by atoms with Gasteiger partial charge in [0.05, 0.1) is 5.52 Å². The van der Waals surface area contributed by atoms with E-state index in [4.69, 9.17) is 5.11 Å². The number of hydrogen-bond donors (Lipinski definition) is 2. The summed E-state index contributed by atoms with van der Waals surface area (Å²) >= 11 is 1.72. The van der Waals surface area contributed by atoms with E-state index in [0.717, 1.165) is 27.8 Å². The van der Waals surface area contributed by atoms with Crippen LogP contribution >= 0.6 is 11.8 Å². The molecule has 2 aliphatic rings. The lowest BCUT2D eigenvalue weighted by atomic mass is 10.1. The zero-order valence-corrected chi connectivity index (χ0v) is 12.8. The quantitative estimate of drug-likeness (QED) is 0.911. The van der Waals surface area contributed by atoms with Crippen molar-refractivity contribution in [1.82, 2.24) is 10.3 Å². The van der Waals surface area contributed by atoms with Crippen LogP contribution in [0.3, 0.4) is 0 Å². The molecule has 0 amide bonds. The van der Waals surface area contributed by atoms with Crippen LogP contribution < -0.4 is 5.32 Å². The smallest absolute Gasteiger partial charge is 0.151 e. The average molecular weight is 311 g/mol. The lowest BCUT2D eigenvalue weighted by Gasteiger charge is -2.08. The number of benzene rings is 1. The van der Waals surface area contributed by atoms with Crippen molar-refractivity contribution in [3.8, 4) is 0 Å². The van der Waals surface area contributed by atoms with Crippen LogP contribution in [0.1, 0.15) is 12.0 Å². The molecule has 1 aliphatic carbocycles. The molecule has 4 rings (SSSR count). The number of thioether (sulfide) groups is 1. The molecule has 2 N–H and O–H groups in total. The number of aromatic nitrogens is 1. The Morgan fingerprint density at radius 3 is 3.18 bits per heavy atom. The third-order valence-electron chi connectivity index (χ3n) is 4.03. The molecule has 1 saturated carbocycles. The number of nitrogens with zero attached hydrogens (tertiary/aromatic N) is 2. The highest BCUT2D eigenvalue weighted by Crippen LogP contribution is 2.34. The van der Waals surface area contributed by atoms with Gasteiger partial charge >= 0.3 is 0 Å². The highest BCUT2D eigenvalue weighted by atomic mass is 32.2. The van der Waals surface area contributed by atoms with Crippen molar-refractivity contribution in [3.63, 3.8) is 0 Å². The number of aliphatic imine (C=N–C) groups is 1. The number of pyridine rings is 1. The van der Waals surface area contributed by atoms with E-state index in [1.807, 2.05) is 24.5 Å². The van der Waals surface area contributed by atoms with Crippen LogP contribution in [0.4, 0.5) is 0 Å². The summed E-state index contributed by atoms with van der Waals surface area (Å²) in [4.78, 5) is 9.98. The van der Waals surface area contributed by atoms with E-state index in [0.29, 0.717) is 12.0 Å². The third kappa shape index (κ3) is 2.92. The topological polar surface area (TPSA) is 57.5 Å². The molecule has 2 heterocycles. The van der Waals surface area contributed by atoms with Crippen molar-refractivity contribution >= 4 is 35.0 Å². The Hall–Kier alpha value is -1.69. The molecule has 3 atom stereocenters. The minimum atomic E-state index is 0.0786. The molecule has 1 fully saturated rings. The predicted octanol–water partition coefficient (Wildman–Crippen LogP) is 2.65. The summed E-state index contributed by atoms with van der Waals surface area (Å²) in [7, 11) is 0. The molecule has 1 aliphatic heterocycles. The molecule has 0 spiro atoms. The maximum Gasteiger partial charge on any atom is 0.151 e. The zero-order valence-electron chi connectivity index (χ0n) is 12.0. The van der Waals surface area contributed by atoms with Crippen LogP contribution in [0, 0.1) is 5.92 Å². The van der Waals surface area contributed by atoms with Crippen molar-refractivity contribution < 1.29 is 5.11 Å². The molecule has 1 aromatic carbocycles. The zero-order chi connectivity index (χ0) is 14.9. The first-order chi connectivity index (χ1) is 10.8. The lowest BCUT2D eigenvalue weighted by Crippen LogP contribution is -2.26. The second-order valence-corrected chi connectivity index (χ2v) is 6.86.